The third kappa shape index (κ3) is 3.94. The first-order chi connectivity index (χ1) is 9.69. The van der Waals surface area contributed by atoms with Crippen molar-refractivity contribution in [1.82, 2.24) is 4.90 Å². The van der Waals surface area contributed by atoms with E-state index in [1.165, 1.54) is 11.1 Å². The lowest BCUT2D eigenvalue weighted by Gasteiger charge is -2.26. The van der Waals surface area contributed by atoms with Crippen LogP contribution in [0.1, 0.15) is 30.4 Å². The van der Waals surface area contributed by atoms with Crippen molar-refractivity contribution in [2.24, 2.45) is 5.73 Å². The van der Waals surface area contributed by atoms with Crippen LogP contribution in [0.25, 0.3) is 5.57 Å². The lowest BCUT2D eigenvalue weighted by Crippen LogP contribution is -2.30. The molecule has 0 atom stereocenters. The Kier molecular flexibility index (Phi) is 4.91. The Morgan fingerprint density at radius 2 is 2.10 bits per heavy atom. The van der Waals surface area contributed by atoms with Gasteiger partial charge in [0, 0.05) is 19.5 Å². The number of nitriles is 1. The van der Waals surface area contributed by atoms with Crippen LogP contribution in [-0.4, -0.2) is 30.4 Å². The summed E-state index contributed by atoms with van der Waals surface area (Å²) < 4.78 is 0. The SMILES string of the molecule is N#Cc1ccc(C2=CCN(CCCC(N)=O)CC2)cc1. The molecule has 0 bridgehead atoms. The van der Waals surface area contributed by atoms with Gasteiger partial charge < -0.3 is 5.73 Å². The summed E-state index contributed by atoms with van der Waals surface area (Å²) >= 11 is 0. The number of hydrogen-bond acceptors (Lipinski definition) is 3. The van der Waals surface area contributed by atoms with Crippen LogP contribution in [0.3, 0.4) is 0 Å². The highest BCUT2D eigenvalue weighted by Gasteiger charge is 2.12. The first-order valence-electron chi connectivity index (χ1n) is 6.89. The van der Waals surface area contributed by atoms with E-state index in [4.69, 9.17) is 11.0 Å². The highest BCUT2D eigenvalue weighted by atomic mass is 16.1. The minimum Gasteiger partial charge on any atom is -0.370 e. The molecule has 1 aromatic carbocycles. The van der Waals surface area contributed by atoms with Crippen LogP contribution in [0.2, 0.25) is 0 Å². The Labute approximate surface area is 119 Å². The maximum atomic E-state index is 10.7. The third-order valence-corrected chi connectivity index (χ3v) is 3.58. The minimum atomic E-state index is -0.226. The van der Waals surface area contributed by atoms with Gasteiger partial charge in [-0.2, -0.15) is 5.26 Å². The van der Waals surface area contributed by atoms with E-state index >= 15 is 0 Å². The maximum Gasteiger partial charge on any atom is 0.217 e. The average Bonchev–Trinajstić information content (AvgIpc) is 2.48. The Hall–Kier alpha value is -2.12. The number of carbonyl (C=O) groups is 1. The Bertz CT molecular complexity index is 540. The standard InChI is InChI=1S/C16H19N3O/c17-12-13-3-5-14(6-4-13)15-7-10-19(11-8-15)9-1-2-16(18)20/h3-7H,1-2,8-11H2,(H2,18,20). The van der Waals surface area contributed by atoms with Gasteiger partial charge in [0.25, 0.3) is 0 Å². The number of primary amides is 1. The molecule has 1 aromatic rings. The molecule has 0 unspecified atom stereocenters. The van der Waals surface area contributed by atoms with Gasteiger partial charge in [-0.05, 0) is 42.7 Å². The van der Waals surface area contributed by atoms with Crippen molar-refractivity contribution >= 4 is 11.5 Å². The third-order valence-electron chi connectivity index (χ3n) is 3.58. The smallest absolute Gasteiger partial charge is 0.217 e. The summed E-state index contributed by atoms with van der Waals surface area (Å²) in [4.78, 5) is 13.0. The first kappa shape index (κ1) is 14.3. The summed E-state index contributed by atoms with van der Waals surface area (Å²) in [5, 5.41) is 8.79. The summed E-state index contributed by atoms with van der Waals surface area (Å²) in [6.45, 7) is 2.83. The van der Waals surface area contributed by atoms with Crippen molar-refractivity contribution in [3.8, 4) is 6.07 Å². The van der Waals surface area contributed by atoms with Crippen LogP contribution in [0, 0.1) is 11.3 Å². The zero-order chi connectivity index (χ0) is 14.4. The molecule has 1 aliphatic heterocycles. The molecular weight excluding hydrogens is 250 g/mol. The van der Waals surface area contributed by atoms with Gasteiger partial charge in [-0.25, -0.2) is 0 Å². The molecule has 0 fully saturated rings. The molecule has 0 radical (unpaired) electrons. The molecule has 1 aliphatic rings. The second kappa shape index (κ2) is 6.88. The zero-order valence-electron chi connectivity index (χ0n) is 11.5. The summed E-state index contributed by atoms with van der Waals surface area (Å²) in [5.74, 6) is -0.226. The van der Waals surface area contributed by atoms with Gasteiger partial charge in [-0.3, -0.25) is 9.69 Å². The number of nitrogens with two attached hydrogens (primary N) is 1. The van der Waals surface area contributed by atoms with Crippen LogP contribution < -0.4 is 5.73 Å². The highest BCUT2D eigenvalue weighted by Crippen LogP contribution is 2.22. The van der Waals surface area contributed by atoms with Crippen LogP contribution in [-0.2, 0) is 4.79 Å². The largest absolute Gasteiger partial charge is 0.370 e. The molecule has 0 aromatic heterocycles. The van der Waals surface area contributed by atoms with Gasteiger partial charge >= 0.3 is 0 Å². The summed E-state index contributed by atoms with van der Waals surface area (Å²) in [6, 6.07) is 9.86. The van der Waals surface area contributed by atoms with E-state index in [0.717, 1.165) is 32.5 Å². The number of rotatable bonds is 5. The summed E-state index contributed by atoms with van der Waals surface area (Å²) in [6.07, 6.45) is 4.52. The van der Waals surface area contributed by atoms with Crippen molar-refractivity contribution in [1.29, 1.82) is 5.26 Å². The van der Waals surface area contributed by atoms with Gasteiger partial charge in [0.15, 0.2) is 0 Å². The lowest BCUT2D eigenvalue weighted by molar-refractivity contribution is -0.118. The first-order valence-corrected chi connectivity index (χ1v) is 6.89. The fourth-order valence-electron chi connectivity index (χ4n) is 2.41. The van der Waals surface area contributed by atoms with Gasteiger partial charge in [0.05, 0.1) is 11.6 Å². The molecule has 2 rings (SSSR count). The lowest BCUT2D eigenvalue weighted by atomic mass is 9.98. The maximum absolute atomic E-state index is 10.7. The van der Waals surface area contributed by atoms with Crippen LogP contribution in [0.5, 0.6) is 0 Å². The predicted molar refractivity (Wildman–Crippen MR) is 78.6 cm³/mol. The van der Waals surface area contributed by atoms with E-state index in [1.54, 1.807) is 0 Å². The van der Waals surface area contributed by atoms with Gasteiger partial charge in [0.2, 0.25) is 5.91 Å². The molecule has 4 heteroatoms. The predicted octanol–water partition coefficient (Wildman–Crippen LogP) is 1.91. The molecule has 1 amide bonds. The fraction of sp³-hybridized carbons (Fsp3) is 0.375. The molecule has 1 heterocycles. The van der Waals surface area contributed by atoms with Gasteiger partial charge in [-0.1, -0.05) is 18.2 Å². The highest BCUT2D eigenvalue weighted by molar-refractivity contribution is 5.73. The van der Waals surface area contributed by atoms with E-state index < -0.39 is 0 Å². The van der Waals surface area contributed by atoms with Crippen molar-refractivity contribution in [3.63, 3.8) is 0 Å². The van der Waals surface area contributed by atoms with E-state index in [-0.39, 0.29) is 5.91 Å². The van der Waals surface area contributed by atoms with E-state index in [0.29, 0.717) is 12.0 Å². The second-order valence-electron chi connectivity index (χ2n) is 5.04. The molecule has 4 nitrogen and oxygen atoms in total. The van der Waals surface area contributed by atoms with Crippen molar-refractivity contribution in [2.75, 3.05) is 19.6 Å². The quantitative estimate of drug-likeness (QED) is 0.887. The van der Waals surface area contributed by atoms with E-state index in [9.17, 15) is 4.79 Å². The van der Waals surface area contributed by atoms with E-state index in [1.807, 2.05) is 24.3 Å². The second-order valence-corrected chi connectivity index (χ2v) is 5.04. The summed E-state index contributed by atoms with van der Waals surface area (Å²) in [7, 11) is 0. The molecular formula is C16H19N3O. The van der Waals surface area contributed by atoms with Crippen molar-refractivity contribution in [2.45, 2.75) is 19.3 Å². The molecule has 2 N–H and O–H groups in total. The van der Waals surface area contributed by atoms with Crippen LogP contribution in [0.4, 0.5) is 0 Å². The normalized spacial score (nSPS) is 15.4. The number of benzene rings is 1. The monoisotopic (exact) mass is 269 g/mol. The number of carbonyl (C=O) groups excluding carboxylic acids is 1. The molecule has 0 saturated heterocycles. The molecule has 20 heavy (non-hydrogen) atoms. The molecule has 0 aliphatic carbocycles. The Morgan fingerprint density at radius 3 is 2.65 bits per heavy atom. The van der Waals surface area contributed by atoms with Crippen molar-refractivity contribution < 1.29 is 4.79 Å². The minimum absolute atomic E-state index is 0.226. The molecule has 0 spiro atoms. The van der Waals surface area contributed by atoms with Crippen LogP contribution in [0.15, 0.2) is 30.3 Å². The van der Waals surface area contributed by atoms with E-state index in [2.05, 4.69) is 17.0 Å². The van der Waals surface area contributed by atoms with Gasteiger partial charge in [0.1, 0.15) is 0 Å². The summed E-state index contributed by atoms with van der Waals surface area (Å²) in [5.41, 5.74) is 8.36. The van der Waals surface area contributed by atoms with Crippen LogP contribution >= 0.6 is 0 Å². The van der Waals surface area contributed by atoms with Crippen molar-refractivity contribution in [3.05, 3.63) is 41.5 Å². The number of nitrogens with zero attached hydrogens (tertiary/aromatic N) is 2. The topological polar surface area (TPSA) is 70.1 Å². The Balaban J connectivity index is 1.88. The number of hydrogen-bond donors (Lipinski definition) is 1. The molecule has 104 valence electrons. The fourth-order valence-corrected chi connectivity index (χ4v) is 2.41. The number of amides is 1. The molecule has 0 saturated carbocycles. The Morgan fingerprint density at radius 1 is 1.35 bits per heavy atom. The zero-order valence-corrected chi connectivity index (χ0v) is 11.5. The van der Waals surface area contributed by atoms with Gasteiger partial charge in [-0.15, -0.1) is 0 Å². The average molecular weight is 269 g/mol.